The summed E-state index contributed by atoms with van der Waals surface area (Å²) < 4.78 is 23.3. The first kappa shape index (κ1) is 8.87. The van der Waals surface area contributed by atoms with E-state index in [1.807, 2.05) is 0 Å². The van der Waals surface area contributed by atoms with Crippen LogP contribution in [0.4, 0.5) is 4.39 Å². The molecule has 4 heteroatoms. The number of hydrogen-bond donors (Lipinski definition) is 1. The molecule has 0 saturated carbocycles. The Morgan fingerprint density at radius 2 is 2.29 bits per heavy atom. The number of ether oxygens (including phenoxy) is 2. The van der Waals surface area contributed by atoms with Crippen LogP contribution in [0.25, 0.3) is 0 Å². The van der Waals surface area contributed by atoms with Gasteiger partial charge in [-0.1, -0.05) is 6.58 Å². The van der Waals surface area contributed by atoms with Crippen molar-refractivity contribution >= 4 is 0 Å². The van der Waals surface area contributed by atoms with E-state index in [0.717, 1.165) is 0 Å². The number of aliphatic hydroxyl groups excluding tert-OH is 1. The van der Waals surface area contributed by atoms with E-state index in [1.54, 1.807) is 0 Å². The maximum atomic E-state index is 12.8. The molecule has 1 atom stereocenters. The molecular weight excluding hydrogens is 187 g/mol. The monoisotopic (exact) mass is 196 g/mol. The first-order chi connectivity index (χ1) is 6.66. The van der Waals surface area contributed by atoms with Crippen LogP contribution in [0.15, 0.2) is 30.5 Å². The molecule has 1 N–H and O–H groups in total. The highest BCUT2D eigenvalue weighted by atomic mass is 19.1. The Morgan fingerprint density at radius 1 is 1.50 bits per heavy atom. The maximum absolute atomic E-state index is 12.8. The summed E-state index contributed by atoms with van der Waals surface area (Å²) in [6, 6.07) is 3.99. The summed E-state index contributed by atoms with van der Waals surface area (Å²) in [5.41, 5.74) is 0. The fourth-order valence-electron chi connectivity index (χ4n) is 1.21. The van der Waals surface area contributed by atoms with Crippen molar-refractivity contribution in [3.05, 3.63) is 36.4 Å². The van der Waals surface area contributed by atoms with Crippen molar-refractivity contribution in [2.45, 2.75) is 6.10 Å². The second-order valence-electron chi connectivity index (χ2n) is 3.00. The fraction of sp³-hybridized carbons (Fsp3) is 0.200. The van der Waals surface area contributed by atoms with E-state index in [0.29, 0.717) is 5.75 Å². The molecular formula is C10H9FO3. The van der Waals surface area contributed by atoms with Crippen molar-refractivity contribution < 1.29 is 19.0 Å². The van der Waals surface area contributed by atoms with Crippen LogP contribution >= 0.6 is 0 Å². The van der Waals surface area contributed by atoms with Crippen LogP contribution in [0.3, 0.4) is 0 Å². The van der Waals surface area contributed by atoms with Gasteiger partial charge >= 0.3 is 0 Å². The molecule has 1 aromatic rings. The molecule has 0 aromatic heterocycles. The summed E-state index contributed by atoms with van der Waals surface area (Å²) in [5.74, 6) is 0.233. The number of aliphatic hydroxyl groups is 1. The van der Waals surface area contributed by atoms with E-state index in [2.05, 4.69) is 6.58 Å². The lowest BCUT2D eigenvalue weighted by Gasteiger charge is -2.25. The van der Waals surface area contributed by atoms with Crippen molar-refractivity contribution in [2.24, 2.45) is 0 Å². The third-order valence-electron chi connectivity index (χ3n) is 1.94. The Kier molecular flexibility index (Phi) is 2.04. The van der Waals surface area contributed by atoms with Crippen LogP contribution in [0.2, 0.25) is 0 Å². The molecule has 1 aliphatic heterocycles. The quantitative estimate of drug-likeness (QED) is 0.698. The Balaban J connectivity index is 2.29. The van der Waals surface area contributed by atoms with Gasteiger partial charge < -0.3 is 14.6 Å². The lowest BCUT2D eigenvalue weighted by atomic mass is 10.2. The molecule has 0 fully saturated rings. The number of rotatable bonds is 1. The molecule has 2 rings (SSSR count). The number of halogens is 1. The molecule has 0 spiro atoms. The number of benzene rings is 1. The normalized spacial score (nSPS) is 19.1. The third-order valence-corrected chi connectivity index (χ3v) is 1.94. The zero-order valence-electron chi connectivity index (χ0n) is 7.37. The van der Waals surface area contributed by atoms with Crippen LogP contribution in [0.1, 0.15) is 0 Å². The molecule has 1 heterocycles. The van der Waals surface area contributed by atoms with Gasteiger partial charge in [-0.05, 0) is 12.1 Å². The van der Waals surface area contributed by atoms with Gasteiger partial charge in [0.25, 0.3) is 0 Å². The van der Waals surface area contributed by atoms with E-state index >= 15 is 0 Å². The van der Waals surface area contributed by atoms with E-state index in [-0.39, 0.29) is 18.1 Å². The predicted molar refractivity (Wildman–Crippen MR) is 48.1 cm³/mol. The third kappa shape index (κ3) is 1.51. The molecule has 74 valence electrons. The van der Waals surface area contributed by atoms with Crippen molar-refractivity contribution in [3.8, 4) is 11.5 Å². The highest BCUT2D eigenvalue weighted by Gasteiger charge is 2.23. The standard InChI is InChI=1S/C10H9FO3/c1-6(12)10-5-13-8-3-2-7(11)4-9(8)14-10/h2-4,10,12H,1,5H2. The molecule has 14 heavy (non-hydrogen) atoms. The zero-order chi connectivity index (χ0) is 10.1. The van der Waals surface area contributed by atoms with Crippen LogP contribution in [0, 0.1) is 5.82 Å². The lowest BCUT2D eigenvalue weighted by molar-refractivity contribution is 0.0843. The Labute approximate surface area is 80.4 Å². The minimum absolute atomic E-state index is 0.125. The van der Waals surface area contributed by atoms with Crippen LogP contribution in [-0.2, 0) is 0 Å². The molecule has 1 aromatic carbocycles. The lowest BCUT2D eigenvalue weighted by Crippen LogP contribution is -2.30. The van der Waals surface area contributed by atoms with Gasteiger partial charge in [0.2, 0.25) is 0 Å². The van der Waals surface area contributed by atoms with Gasteiger partial charge in [0.1, 0.15) is 18.2 Å². The van der Waals surface area contributed by atoms with Gasteiger partial charge in [0, 0.05) is 6.07 Å². The number of fused-ring (bicyclic) bond motifs is 1. The number of hydrogen-bond acceptors (Lipinski definition) is 3. The van der Waals surface area contributed by atoms with Gasteiger partial charge in [-0.3, -0.25) is 0 Å². The molecule has 0 saturated heterocycles. The smallest absolute Gasteiger partial charge is 0.188 e. The molecule has 3 nitrogen and oxygen atoms in total. The highest BCUT2D eigenvalue weighted by Crippen LogP contribution is 2.32. The summed E-state index contributed by atoms with van der Waals surface area (Å²) in [6.07, 6.45) is -0.621. The largest absolute Gasteiger partial charge is 0.509 e. The predicted octanol–water partition coefficient (Wildman–Crippen LogP) is 2.04. The molecule has 0 radical (unpaired) electrons. The van der Waals surface area contributed by atoms with E-state index in [4.69, 9.17) is 14.6 Å². The van der Waals surface area contributed by atoms with E-state index in [1.165, 1.54) is 18.2 Å². The molecule has 1 aliphatic rings. The van der Waals surface area contributed by atoms with E-state index < -0.39 is 11.9 Å². The van der Waals surface area contributed by atoms with Crippen molar-refractivity contribution in [2.75, 3.05) is 6.61 Å². The van der Waals surface area contributed by atoms with Crippen LogP contribution in [0.5, 0.6) is 11.5 Å². The molecule has 0 aliphatic carbocycles. The van der Waals surface area contributed by atoms with Gasteiger partial charge in [-0.15, -0.1) is 0 Å². The zero-order valence-corrected chi connectivity index (χ0v) is 7.37. The topological polar surface area (TPSA) is 38.7 Å². The van der Waals surface area contributed by atoms with Crippen LogP contribution < -0.4 is 9.47 Å². The van der Waals surface area contributed by atoms with Gasteiger partial charge in [0.15, 0.2) is 17.6 Å². The second kappa shape index (κ2) is 3.21. The summed E-state index contributed by atoms with van der Waals surface area (Å²) in [7, 11) is 0. The minimum atomic E-state index is -0.621. The average Bonchev–Trinajstić information content (AvgIpc) is 2.16. The molecule has 1 unspecified atom stereocenters. The average molecular weight is 196 g/mol. The maximum Gasteiger partial charge on any atom is 0.188 e. The Morgan fingerprint density at radius 3 is 3.00 bits per heavy atom. The Hall–Kier alpha value is -1.71. The first-order valence-corrected chi connectivity index (χ1v) is 4.13. The summed E-state index contributed by atoms with van der Waals surface area (Å²) in [4.78, 5) is 0. The summed E-state index contributed by atoms with van der Waals surface area (Å²) >= 11 is 0. The van der Waals surface area contributed by atoms with Crippen molar-refractivity contribution in [1.29, 1.82) is 0 Å². The summed E-state index contributed by atoms with van der Waals surface area (Å²) in [6.45, 7) is 3.52. The van der Waals surface area contributed by atoms with Crippen LogP contribution in [-0.4, -0.2) is 17.8 Å². The van der Waals surface area contributed by atoms with E-state index in [9.17, 15) is 4.39 Å². The first-order valence-electron chi connectivity index (χ1n) is 4.13. The SMILES string of the molecule is C=C(O)C1COc2ccc(F)cc2O1. The van der Waals surface area contributed by atoms with Crippen molar-refractivity contribution in [3.63, 3.8) is 0 Å². The van der Waals surface area contributed by atoms with Gasteiger partial charge in [-0.2, -0.15) is 0 Å². The Bertz CT molecular complexity index is 376. The van der Waals surface area contributed by atoms with Gasteiger partial charge in [-0.25, -0.2) is 4.39 Å². The highest BCUT2D eigenvalue weighted by molar-refractivity contribution is 5.41. The molecule has 0 bridgehead atoms. The second-order valence-corrected chi connectivity index (χ2v) is 3.00. The minimum Gasteiger partial charge on any atom is -0.509 e. The summed E-state index contributed by atoms with van der Waals surface area (Å²) in [5, 5.41) is 9.08. The molecule has 0 amide bonds. The van der Waals surface area contributed by atoms with Gasteiger partial charge in [0.05, 0.1) is 0 Å². The fourth-order valence-corrected chi connectivity index (χ4v) is 1.21. The van der Waals surface area contributed by atoms with Crippen molar-refractivity contribution in [1.82, 2.24) is 0 Å².